The molecule has 0 radical (unpaired) electrons. The SMILES string of the molecule is CC(NC(=O)N1C[C@@H]2CCC[C@@]2(C(=O)O)C1)c1ccc(-n2cncn2)cc1. The maximum Gasteiger partial charge on any atom is 0.317 e. The van der Waals surface area contributed by atoms with Crippen LogP contribution in [0.3, 0.4) is 0 Å². The van der Waals surface area contributed by atoms with Gasteiger partial charge in [-0.1, -0.05) is 18.6 Å². The summed E-state index contributed by atoms with van der Waals surface area (Å²) in [5, 5.41) is 16.8. The van der Waals surface area contributed by atoms with Crippen molar-refractivity contribution in [3.63, 3.8) is 0 Å². The number of rotatable bonds is 4. The zero-order valence-electron chi connectivity index (χ0n) is 15.2. The molecule has 8 nitrogen and oxygen atoms in total. The van der Waals surface area contributed by atoms with Crippen LogP contribution in [0.2, 0.25) is 0 Å². The Morgan fingerprint density at radius 1 is 1.33 bits per heavy atom. The summed E-state index contributed by atoms with van der Waals surface area (Å²) in [5.74, 6) is -0.699. The predicted molar refractivity (Wildman–Crippen MR) is 97.3 cm³/mol. The van der Waals surface area contributed by atoms with Gasteiger partial charge in [0.15, 0.2) is 0 Å². The number of aliphatic carboxylic acids is 1. The van der Waals surface area contributed by atoms with Crippen LogP contribution in [0.4, 0.5) is 4.79 Å². The minimum Gasteiger partial charge on any atom is -0.481 e. The van der Waals surface area contributed by atoms with Gasteiger partial charge in [0.25, 0.3) is 0 Å². The van der Waals surface area contributed by atoms with E-state index in [2.05, 4.69) is 15.4 Å². The molecule has 1 saturated heterocycles. The maximum absolute atomic E-state index is 12.7. The quantitative estimate of drug-likeness (QED) is 0.861. The van der Waals surface area contributed by atoms with E-state index in [-0.39, 0.29) is 18.0 Å². The molecule has 0 spiro atoms. The van der Waals surface area contributed by atoms with E-state index in [9.17, 15) is 14.7 Å². The summed E-state index contributed by atoms with van der Waals surface area (Å²) in [5.41, 5.74) is 1.12. The Bertz CT molecular complexity index is 836. The molecular formula is C19H23N5O3. The number of hydrogen-bond acceptors (Lipinski definition) is 4. The Kier molecular flexibility index (Phi) is 4.33. The lowest BCUT2D eigenvalue weighted by Gasteiger charge is -2.24. The number of urea groups is 1. The largest absolute Gasteiger partial charge is 0.481 e. The lowest BCUT2D eigenvalue weighted by molar-refractivity contribution is -0.149. The Balaban J connectivity index is 1.40. The average Bonchev–Trinajstić information content (AvgIpc) is 3.37. The molecular weight excluding hydrogens is 346 g/mol. The molecule has 2 fully saturated rings. The van der Waals surface area contributed by atoms with Gasteiger partial charge in [-0.3, -0.25) is 4.79 Å². The molecule has 2 aliphatic rings. The summed E-state index contributed by atoms with van der Waals surface area (Å²) < 4.78 is 1.67. The molecule has 1 saturated carbocycles. The first-order valence-corrected chi connectivity index (χ1v) is 9.23. The Morgan fingerprint density at radius 3 is 2.74 bits per heavy atom. The van der Waals surface area contributed by atoms with Crippen LogP contribution in [0.15, 0.2) is 36.9 Å². The van der Waals surface area contributed by atoms with Crippen molar-refractivity contribution in [3.05, 3.63) is 42.5 Å². The molecule has 2 aromatic rings. The first-order chi connectivity index (χ1) is 13.0. The van der Waals surface area contributed by atoms with Gasteiger partial charge in [-0.15, -0.1) is 0 Å². The van der Waals surface area contributed by atoms with E-state index < -0.39 is 11.4 Å². The van der Waals surface area contributed by atoms with Crippen LogP contribution in [-0.4, -0.2) is 49.9 Å². The van der Waals surface area contributed by atoms with Gasteiger partial charge >= 0.3 is 12.0 Å². The van der Waals surface area contributed by atoms with E-state index in [0.29, 0.717) is 19.5 Å². The van der Waals surface area contributed by atoms with Crippen molar-refractivity contribution in [3.8, 4) is 5.69 Å². The molecule has 8 heteroatoms. The highest BCUT2D eigenvalue weighted by molar-refractivity contribution is 5.80. The van der Waals surface area contributed by atoms with E-state index in [0.717, 1.165) is 24.1 Å². The first kappa shape index (κ1) is 17.5. The molecule has 1 unspecified atom stereocenters. The molecule has 2 amide bonds. The van der Waals surface area contributed by atoms with Gasteiger partial charge in [0.05, 0.1) is 17.1 Å². The van der Waals surface area contributed by atoms with Gasteiger partial charge in [0.2, 0.25) is 0 Å². The van der Waals surface area contributed by atoms with Gasteiger partial charge in [0.1, 0.15) is 12.7 Å². The first-order valence-electron chi connectivity index (χ1n) is 9.23. The average molecular weight is 369 g/mol. The van der Waals surface area contributed by atoms with Crippen molar-refractivity contribution in [2.75, 3.05) is 13.1 Å². The molecule has 1 aromatic carbocycles. The fraction of sp³-hybridized carbons (Fsp3) is 0.474. The number of carbonyl (C=O) groups excluding carboxylic acids is 1. The molecule has 142 valence electrons. The lowest BCUT2D eigenvalue weighted by Crippen LogP contribution is -2.42. The van der Waals surface area contributed by atoms with Gasteiger partial charge < -0.3 is 15.3 Å². The Morgan fingerprint density at radius 2 is 2.11 bits per heavy atom. The van der Waals surface area contributed by atoms with Crippen molar-refractivity contribution in [2.24, 2.45) is 11.3 Å². The number of likely N-dealkylation sites (tertiary alicyclic amines) is 1. The number of fused-ring (bicyclic) bond motifs is 1. The summed E-state index contributed by atoms with van der Waals surface area (Å²) in [6.45, 7) is 2.75. The van der Waals surface area contributed by atoms with Crippen LogP contribution in [0, 0.1) is 11.3 Å². The predicted octanol–water partition coefficient (Wildman–Crippen LogP) is 2.22. The fourth-order valence-electron chi connectivity index (χ4n) is 4.41. The zero-order chi connectivity index (χ0) is 19.0. The van der Waals surface area contributed by atoms with E-state index >= 15 is 0 Å². The van der Waals surface area contributed by atoms with Crippen LogP contribution in [-0.2, 0) is 4.79 Å². The summed E-state index contributed by atoms with van der Waals surface area (Å²) in [6.07, 6.45) is 5.58. The molecule has 4 rings (SSSR count). The minimum atomic E-state index is -0.767. The van der Waals surface area contributed by atoms with Gasteiger partial charge in [0, 0.05) is 13.1 Å². The number of carbonyl (C=O) groups is 2. The third kappa shape index (κ3) is 3.05. The Hall–Kier alpha value is -2.90. The van der Waals surface area contributed by atoms with Gasteiger partial charge in [-0.05, 0) is 43.4 Å². The number of benzene rings is 1. The minimum absolute atomic E-state index is 0.0676. The molecule has 0 bridgehead atoms. The molecule has 3 atom stereocenters. The van der Waals surface area contributed by atoms with E-state index in [1.54, 1.807) is 15.9 Å². The molecule has 2 N–H and O–H groups in total. The standard InChI is InChI=1S/C19H23N5O3/c1-13(14-4-6-16(7-5-14)24-12-20-11-21-24)22-18(27)23-9-15-3-2-8-19(15,10-23)17(25)26/h4-7,11-13,15H,2-3,8-10H2,1H3,(H,22,27)(H,25,26)/t13?,15-,19+/m0/s1. The highest BCUT2D eigenvalue weighted by Crippen LogP contribution is 2.48. The second-order valence-corrected chi connectivity index (χ2v) is 7.53. The summed E-state index contributed by atoms with van der Waals surface area (Å²) in [7, 11) is 0. The Labute approximate surface area is 157 Å². The van der Waals surface area contributed by atoms with E-state index in [4.69, 9.17) is 0 Å². The number of nitrogens with zero attached hydrogens (tertiary/aromatic N) is 4. The lowest BCUT2D eigenvalue weighted by atomic mass is 9.81. The summed E-state index contributed by atoms with van der Waals surface area (Å²) in [4.78, 5) is 30.0. The van der Waals surface area contributed by atoms with Crippen molar-refractivity contribution < 1.29 is 14.7 Å². The molecule has 1 aliphatic heterocycles. The van der Waals surface area contributed by atoms with Crippen LogP contribution in [0.1, 0.15) is 37.8 Å². The highest BCUT2D eigenvalue weighted by Gasteiger charge is 2.55. The fourth-order valence-corrected chi connectivity index (χ4v) is 4.41. The summed E-state index contributed by atoms with van der Waals surface area (Å²) in [6, 6.07) is 7.36. The van der Waals surface area contributed by atoms with Crippen LogP contribution in [0.25, 0.3) is 5.69 Å². The topological polar surface area (TPSA) is 100 Å². The second kappa shape index (κ2) is 6.68. The van der Waals surface area contributed by atoms with E-state index in [1.807, 2.05) is 31.2 Å². The normalized spacial score (nSPS) is 25.2. The van der Waals surface area contributed by atoms with Gasteiger partial charge in [-0.25, -0.2) is 14.5 Å². The number of nitrogens with one attached hydrogen (secondary N) is 1. The maximum atomic E-state index is 12.7. The monoisotopic (exact) mass is 369 g/mol. The van der Waals surface area contributed by atoms with Crippen LogP contribution in [0.5, 0.6) is 0 Å². The van der Waals surface area contributed by atoms with Crippen molar-refractivity contribution in [1.82, 2.24) is 25.0 Å². The van der Waals surface area contributed by atoms with Crippen molar-refractivity contribution in [1.29, 1.82) is 0 Å². The van der Waals surface area contributed by atoms with Crippen molar-refractivity contribution in [2.45, 2.75) is 32.2 Å². The number of hydrogen-bond donors (Lipinski definition) is 2. The zero-order valence-corrected chi connectivity index (χ0v) is 15.2. The third-order valence-electron chi connectivity index (χ3n) is 6.00. The molecule has 1 aliphatic carbocycles. The number of amides is 2. The smallest absolute Gasteiger partial charge is 0.317 e. The summed E-state index contributed by atoms with van der Waals surface area (Å²) >= 11 is 0. The van der Waals surface area contributed by atoms with Crippen LogP contribution >= 0.6 is 0 Å². The number of aromatic nitrogens is 3. The molecule has 27 heavy (non-hydrogen) atoms. The molecule has 1 aromatic heterocycles. The number of carboxylic acid groups (broad SMARTS) is 1. The van der Waals surface area contributed by atoms with E-state index in [1.165, 1.54) is 6.33 Å². The number of carboxylic acids is 1. The molecule has 2 heterocycles. The third-order valence-corrected chi connectivity index (χ3v) is 6.00. The van der Waals surface area contributed by atoms with Crippen LogP contribution < -0.4 is 5.32 Å². The highest BCUT2D eigenvalue weighted by atomic mass is 16.4. The van der Waals surface area contributed by atoms with Gasteiger partial charge in [-0.2, -0.15) is 5.10 Å². The second-order valence-electron chi connectivity index (χ2n) is 7.53. The van der Waals surface area contributed by atoms with Crippen molar-refractivity contribution >= 4 is 12.0 Å².